The van der Waals surface area contributed by atoms with Crippen molar-refractivity contribution in [3.05, 3.63) is 0 Å². The van der Waals surface area contributed by atoms with Crippen LogP contribution in [0.5, 0.6) is 0 Å². The average Bonchev–Trinajstić information content (AvgIpc) is 2.11. The van der Waals surface area contributed by atoms with Gasteiger partial charge in [0.1, 0.15) is 0 Å². The number of carbonyl (C=O) groups is 2. The van der Waals surface area contributed by atoms with Gasteiger partial charge in [-0.1, -0.05) is 21.6 Å². The standard InChI is InChI=1S/C8H16N2O2S2/c1-9(2)7(11)5-13-14-6-8(12)10(3)4/h5-6H2,1-4H3. The fraction of sp³-hybridized carbons (Fsp3) is 0.750. The Morgan fingerprint density at radius 1 is 0.857 bits per heavy atom. The van der Waals surface area contributed by atoms with Gasteiger partial charge in [-0.3, -0.25) is 9.59 Å². The molecule has 0 aromatic heterocycles. The lowest BCUT2D eigenvalue weighted by Crippen LogP contribution is -2.24. The van der Waals surface area contributed by atoms with Gasteiger partial charge in [-0.05, 0) is 0 Å². The van der Waals surface area contributed by atoms with Crippen LogP contribution in [0.25, 0.3) is 0 Å². The SMILES string of the molecule is CN(C)C(=O)CSSCC(=O)N(C)C. The van der Waals surface area contributed by atoms with Crippen LogP contribution in [0.4, 0.5) is 0 Å². The number of rotatable bonds is 5. The first-order valence-electron chi connectivity index (χ1n) is 4.10. The van der Waals surface area contributed by atoms with Crippen LogP contribution in [0.1, 0.15) is 0 Å². The molecule has 14 heavy (non-hydrogen) atoms. The van der Waals surface area contributed by atoms with Gasteiger partial charge >= 0.3 is 0 Å². The fourth-order valence-corrected chi connectivity index (χ4v) is 2.43. The molecule has 0 aromatic carbocycles. The molecule has 0 spiro atoms. The Morgan fingerprint density at radius 2 is 1.14 bits per heavy atom. The van der Waals surface area contributed by atoms with Crippen molar-refractivity contribution < 1.29 is 9.59 Å². The van der Waals surface area contributed by atoms with E-state index in [1.54, 1.807) is 38.0 Å². The molecule has 0 saturated carbocycles. The summed E-state index contributed by atoms with van der Waals surface area (Å²) >= 11 is 0. The lowest BCUT2D eigenvalue weighted by Gasteiger charge is -2.10. The summed E-state index contributed by atoms with van der Waals surface area (Å²) in [7, 11) is 9.71. The first-order chi connectivity index (χ1) is 6.45. The van der Waals surface area contributed by atoms with E-state index in [9.17, 15) is 9.59 Å². The fourth-order valence-electron chi connectivity index (χ4n) is 0.442. The topological polar surface area (TPSA) is 40.6 Å². The second-order valence-corrected chi connectivity index (χ2v) is 5.56. The van der Waals surface area contributed by atoms with Crippen LogP contribution in [0.3, 0.4) is 0 Å². The van der Waals surface area contributed by atoms with Crippen molar-refractivity contribution in [2.45, 2.75) is 0 Å². The average molecular weight is 236 g/mol. The van der Waals surface area contributed by atoms with E-state index in [0.29, 0.717) is 11.5 Å². The van der Waals surface area contributed by atoms with Gasteiger partial charge in [0.2, 0.25) is 11.8 Å². The lowest BCUT2D eigenvalue weighted by molar-refractivity contribution is -0.126. The minimum atomic E-state index is 0.0693. The van der Waals surface area contributed by atoms with Crippen LogP contribution in [-0.4, -0.2) is 61.3 Å². The van der Waals surface area contributed by atoms with E-state index in [-0.39, 0.29) is 11.8 Å². The molecule has 0 aliphatic rings. The van der Waals surface area contributed by atoms with Gasteiger partial charge in [-0.15, -0.1) is 0 Å². The molecule has 0 saturated heterocycles. The molecular weight excluding hydrogens is 220 g/mol. The third kappa shape index (κ3) is 6.15. The summed E-state index contributed by atoms with van der Waals surface area (Å²) in [5.41, 5.74) is 0. The highest BCUT2D eigenvalue weighted by Gasteiger charge is 2.07. The second kappa shape index (κ2) is 7.00. The summed E-state index contributed by atoms with van der Waals surface area (Å²) in [4.78, 5) is 25.3. The van der Waals surface area contributed by atoms with Gasteiger partial charge in [0.25, 0.3) is 0 Å². The quantitative estimate of drug-likeness (QED) is 0.516. The molecule has 0 unspecified atom stereocenters. The molecule has 0 atom stereocenters. The zero-order chi connectivity index (χ0) is 11.1. The van der Waals surface area contributed by atoms with Crippen LogP contribution >= 0.6 is 21.6 Å². The predicted molar refractivity (Wildman–Crippen MR) is 62.3 cm³/mol. The van der Waals surface area contributed by atoms with Crippen molar-refractivity contribution in [3.8, 4) is 0 Å². The van der Waals surface area contributed by atoms with Gasteiger partial charge in [-0.25, -0.2) is 0 Å². The molecule has 0 bridgehead atoms. The van der Waals surface area contributed by atoms with E-state index in [2.05, 4.69) is 0 Å². The van der Waals surface area contributed by atoms with Gasteiger partial charge in [0.05, 0.1) is 11.5 Å². The number of carbonyl (C=O) groups excluding carboxylic acids is 2. The van der Waals surface area contributed by atoms with Gasteiger partial charge < -0.3 is 9.80 Å². The van der Waals surface area contributed by atoms with E-state index in [1.165, 1.54) is 21.6 Å². The molecule has 0 rings (SSSR count). The number of hydrogen-bond acceptors (Lipinski definition) is 4. The maximum atomic E-state index is 11.1. The van der Waals surface area contributed by atoms with Crippen molar-refractivity contribution >= 4 is 33.4 Å². The highest BCUT2D eigenvalue weighted by atomic mass is 33.1. The summed E-state index contributed by atoms with van der Waals surface area (Å²) in [5, 5.41) is 0. The number of amides is 2. The third-order valence-corrected chi connectivity index (χ3v) is 3.55. The summed E-state index contributed by atoms with van der Waals surface area (Å²) in [6, 6.07) is 0. The van der Waals surface area contributed by atoms with Gasteiger partial charge in [-0.2, -0.15) is 0 Å². The van der Waals surface area contributed by atoms with E-state index >= 15 is 0 Å². The number of nitrogens with zero attached hydrogens (tertiary/aromatic N) is 2. The minimum absolute atomic E-state index is 0.0693. The normalized spacial score (nSPS) is 9.71. The van der Waals surface area contributed by atoms with Crippen molar-refractivity contribution in [2.24, 2.45) is 0 Å². The maximum absolute atomic E-state index is 11.1. The Bertz CT molecular complexity index is 186. The molecule has 0 aromatic rings. The predicted octanol–water partition coefficient (Wildman–Crippen LogP) is 0.544. The molecule has 0 aliphatic carbocycles. The Kier molecular flexibility index (Phi) is 6.82. The Labute approximate surface area is 92.8 Å². The molecule has 82 valence electrons. The lowest BCUT2D eigenvalue weighted by atomic mass is 10.6. The van der Waals surface area contributed by atoms with E-state index in [1.807, 2.05) is 0 Å². The molecule has 0 N–H and O–H groups in total. The van der Waals surface area contributed by atoms with Gasteiger partial charge in [0, 0.05) is 28.2 Å². The molecule has 2 amide bonds. The Balaban J connectivity index is 3.48. The molecule has 6 heteroatoms. The van der Waals surface area contributed by atoms with Crippen LogP contribution in [0, 0.1) is 0 Å². The number of hydrogen-bond donors (Lipinski definition) is 0. The summed E-state index contributed by atoms with van der Waals surface area (Å²) in [6.07, 6.45) is 0. The zero-order valence-corrected chi connectivity index (χ0v) is 10.6. The highest BCUT2D eigenvalue weighted by molar-refractivity contribution is 8.77. The van der Waals surface area contributed by atoms with E-state index < -0.39 is 0 Å². The smallest absolute Gasteiger partial charge is 0.232 e. The van der Waals surface area contributed by atoms with Crippen molar-refractivity contribution in [1.82, 2.24) is 9.80 Å². The van der Waals surface area contributed by atoms with Crippen LogP contribution in [0.2, 0.25) is 0 Å². The zero-order valence-electron chi connectivity index (χ0n) is 8.94. The van der Waals surface area contributed by atoms with E-state index in [4.69, 9.17) is 0 Å². The van der Waals surface area contributed by atoms with Crippen molar-refractivity contribution in [2.75, 3.05) is 39.7 Å². The molecule has 0 aliphatic heterocycles. The molecule has 4 nitrogen and oxygen atoms in total. The molecule has 0 fully saturated rings. The largest absolute Gasteiger partial charge is 0.348 e. The van der Waals surface area contributed by atoms with Crippen molar-refractivity contribution in [1.29, 1.82) is 0 Å². The van der Waals surface area contributed by atoms with Crippen LogP contribution in [0.15, 0.2) is 0 Å². The van der Waals surface area contributed by atoms with Crippen LogP contribution in [-0.2, 0) is 9.59 Å². The Morgan fingerprint density at radius 3 is 1.36 bits per heavy atom. The summed E-state index contributed by atoms with van der Waals surface area (Å²) in [5.74, 6) is 0.969. The first-order valence-corrected chi connectivity index (χ1v) is 6.58. The Hall–Kier alpha value is -0.360. The van der Waals surface area contributed by atoms with Crippen LogP contribution < -0.4 is 0 Å². The minimum Gasteiger partial charge on any atom is -0.348 e. The van der Waals surface area contributed by atoms with Crippen molar-refractivity contribution in [3.63, 3.8) is 0 Å². The van der Waals surface area contributed by atoms with Gasteiger partial charge in [0.15, 0.2) is 0 Å². The maximum Gasteiger partial charge on any atom is 0.232 e. The summed E-state index contributed by atoms with van der Waals surface area (Å²) in [6.45, 7) is 0. The highest BCUT2D eigenvalue weighted by Crippen LogP contribution is 2.21. The summed E-state index contributed by atoms with van der Waals surface area (Å²) < 4.78 is 0. The first kappa shape index (κ1) is 13.6. The third-order valence-electron chi connectivity index (χ3n) is 1.45. The molecule has 0 radical (unpaired) electrons. The molecular formula is C8H16N2O2S2. The second-order valence-electron chi connectivity index (χ2n) is 3.10. The molecule has 0 heterocycles. The monoisotopic (exact) mass is 236 g/mol. The van der Waals surface area contributed by atoms with E-state index in [0.717, 1.165) is 0 Å².